The minimum Gasteiger partial charge on any atom is -0.453 e. The predicted octanol–water partition coefficient (Wildman–Crippen LogP) is 1.65. The monoisotopic (exact) mass is 283 g/mol. The summed E-state index contributed by atoms with van der Waals surface area (Å²) < 4.78 is 5.00. The number of likely N-dealkylation sites (N-methyl/N-ethyl adjacent to an activating group) is 1. The Morgan fingerprint density at radius 3 is 2.40 bits per heavy atom. The summed E-state index contributed by atoms with van der Waals surface area (Å²) in [6.45, 7) is 8.14. The van der Waals surface area contributed by atoms with E-state index in [1.807, 2.05) is 13.8 Å². The van der Waals surface area contributed by atoms with E-state index in [1.54, 1.807) is 4.90 Å². The number of carbonyl (C=O) groups excluding carboxylic acids is 2. The summed E-state index contributed by atoms with van der Waals surface area (Å²) in [4.78, 5) is 25.4. The topological polar surface area (TPSA) is 66.8 Å². The molecule has 1 aliphatic carbocycles. The van der Waals surface area contributed by atoms with Crippen LogP contribution in [0.5, 0.6) is 0 Å². The van der Waals surface area contributed by atoms with Crippen LogP contribution in [0.25, 0.3) is 0 Å². The largest absolute Gasteiger partial charge is 0.453 e. The van der Waals surface area contributed by atoms with Crippen LogP contribution in [-0.2, 0) is 14.3 Å². The third-order valence-corrected chi connectivity index (χ3v) is 3.58. The van der Waals surface area contributed by atoms with Gasteiger partial charge in [0.25, 0.3) is 5.91 Å². The van der Waals surface area contributed by atoms with Crippen LogP contribution >= 0.6 is 0 Å². The normalized spacial score (nSPS) is 17.4. The van der Waals surface area contributed by atoms with Gasteiger partial charge < -0.3 is 14.7 Å². The number of hydrogen-bond acceptors (Lipinski definition) is 4. The van der Waals surface area contributed by atoms with Crippen molar-refractivity contribution >= 4 is 11.9 Å². The second kappa shape index (κ2) is 7.43. The zero-order chi connectivity index (χ0) is 15.2. The van der Waals surface area contributed by atoms with Crippen LogP contribution in [0.15, 0.2) is 12.2 Å². The van der Waals surface area contributed by atoms with Gasteiger partial charge in [0.1, 0.15) is 0 Å². The van der Waals surface area contributed by atoms with Crippen LogP contribution in [0, 0.1) is 0 Å². The molecule has 20 heavy (non-hydrogen) atoms. The van der Waals surface area contributed by atoms with Gasteiger partial charge in [-0.15, -0.1) is 0 Å². The highest BCUT2D eigenvalue weighted by Crippen LogP contribution is 2.29. The molecule has 0 saturated heterocycles. The Labute approximate surface area is 120 Å². The third kappa shape index (κ3) is 4.63. The minimum absolute atomic E-state index is 0.261. The molecule has 1 saturated carbocycles. The third-order valence-electron chi connectivity index (χ3n) is 3.58. The summed E-state index contributed by atoms with van der Waals surface area (Å²) in [5.74, 6) is -0.930. The van der Waals surface area contributed by atoms with Crippen LogP contribution in [0.4, 0.5) is 0 Å². The first-order chi connectivity index (χ1) is 9.39. The molecule has 0 spiro atoms. The SMILES string of the molecule is C=C(C)CN(CC)C(=O)COC(=O)C1(O)CCCCC1. The maximum atomic E-state index is 11.9. The Hall–Kier alpha value is -1.36. The highest BCUT2D eigenvalue weighted by Gasteiger charge is 2.39. The lowest BCUT2D eigenvalue weighted by atomic mass is 9.85. The number of rotatable bonds is 6. The Balaban J connectivity index is 2.46. The molecule has 0 aromatic rings. The lowest BCUT2D eigenvalue weighted by molar-refractivity contribution is -0.172. The van der Waals surface area contributed by atoms with Gasteiger partial charge in [0.15, 0.2) is 12.2 Å². The number of amides is 1. The summed E-state index contributed by atoms with van der Waals surface area (Å²) in [6, 6.07) is 0. The lowest BCUT2D eigenvalue weighted by Gasteiger charge is -2.29. The van der Waals surface area contributed by atoms with Crippen molar-refractivity contribution in [2.45, 2.75) is 51.6 Å². The van der Waals surface area contributed by atoms with Gasteiger partial charge in [-0.3, -0.25) is 4.79 Å². The van der Waals surface area contributed by atoms with Crippen molar-refractivity contribution in [3.05, 3.63) is 12.2 Å². The number of nitrogens with zero attached hydrogens (tertiary/aromatic N) is 1. The first-order valence-electron chi connectivity index (χ1n) is 7.21. The Morgan fingerprint density at radius 1 is 1.30 bits per heavy atom. The zero-order valence-corrected chi connectivity index (χ0v) is 12.5. The van der Waals surface area contributed by atoms with Crippen LogP contribution in [0.3, 0.4) is 0 Å². The maximum absolute atomic E-state index is 11.9. The minimum atomic E-state index is -1.40. The Morgan fingerprint density at radius 2 is 1.90 bits per heavy atom. The molecule has 114 valence electrons. The summed E-state index contributed by atoms with van der Waals surface area (Å²) >= 11 is 0. The highest BCUT2D eigenvalue weighted by atomic mass is 16.6. The number of hydrogen-bond donors (Lipinski definition) is 1. The van der Waals surface area contributed by atoms with E-state index in [2.05, 4.69) is 6.58 Å². The van der Waals surface area contributed by atoms with E-state index in [4.69, 9.17) is 4.74 Å². The first-order valence-corrected chi connectivity index (χ1v) is 7.21. The van der Waals surface area contributed by atoms with Gasteiger partial charge in [0.05, 0.1) is 0 Å². The molecule has 0 aromatic carbocycles. The van der Waals surface area contributed by atoms with E-state index in [0.717, 1.165) is 24.8 Å². The molecule has 0 radical (unpaired) electrons. The van der Waals surface area contributed by atoms with Gasteiger partial charge in [0.2, 0.25) is 0 Å². The molecule has 1 N–H and O–H groups in total. The molecule has 0 unspecified atom stereocenters. The molecule has 1 aliphatic rings. The molecule has 0 aliphatic heterocycles. The Kier molecular flexibility index (Phi) is 6.20. The number of esters is 1. The summed E-state index contributed by atoms with van der Waals surface area (Å²) in [5, 5.41) is 10.2. The molecular weight excluding hydrogens is 258 g/mol. The number of carbonyl (C=O) groups is 2. The molecule has 1 fully saturated rings. The molecular formula is C15H25NO4. The van der Waals surface area contributed by atoms with Crippen molar-refractivity contribution < 1.29 is 19.4 Å². The van der Waals surface area contributed by atoms with Crippen molar-refractivity contribution in [1.82, 2.24) is 4.90 Å². The Bertz CT molecular complexity index is 372. The fourth-order valence-corrected chi connectivity index (χ4v) is 2.40. The van der Waals surface area contributed by atoms with Gasteiger partial charge in [-0.25, -0.2) is 4.79 Å². The second-order valence-corrected chi connectivity index (χ2v) is 5.53. The molecule has 0 bridgehead atoms. The number of ether oxygens (including phenoxy) is 1. The molecule has 5 nitrogen and oxygen atoms in total. The average molecular weight is 283 g/mol. The van der Waals surface area contributed by atoms with Gasteiger partial charge in [-0.05, 0) is 39.5 Å². The van der Waals surface area contributed by atoms with E-state index >= 15 is 0 Å². The van der Waals surface area contributed by atoms with Crippen molar-refractivity contribution in [1.29, 1.82) is 0 Å². The highest BCUT2D eigenvalue weighted by molar-refractivity contribution is 5.84. The second-order valence-electron chi connectivity index (χ2n) is 5.53. The lowest BCUT2D eigenvalue weighted by Crippen LogP contribution is -2.44. The van der Waals surface area contributed by atoms with Gasteiger partial charge >= 0.3 is 5.97 Å². The van der Waals surface area contributed by atoms with Crippen molar-refractivity contribution in [3.8, 4) is 0 Å². The fourth-order valence-electron chi connectivity index (χ4n) is 2.40. The fraction of sp³-hybridized carbons (Fsp3) is 0.733. The van der Waals surface area contributed by atoms with E-state index < -0.39 is 11.6 Å². The zero-order valence-electron chi connectivity index (χ0n) is 12.5. The molecule has 0 heterocycles. The maximum Gasteiger partial charge on any atom is 0.338 e. The van der Waals surface area contributed by atoms with Crippen molar-refractivity contribution in [2.75, 3.05) is 19.7 Å². The molecule has 0 aromatic heterocycles. The van der Waals surface area contributed by atoms with Gasteiger partial charge in [-0.2, -0.15) is 0 Å². The summed E-state index contributed by atoms with van der Waals surface area (Å²) in [5.41, 5.74) is -0.526. The van der Waals surface area contributed by atoms with E-state index in [0.29, 0.717) is 25.9 Å². The van der Waals surface area contributed by atoms with E-state index in [1.165, 1.54) is 0 Å². The van der Waals surface area contributed by atoms with Crippen LogP contribution < -0.4 is 0 Å². The predicted molar refractivity (Wildman–Crippen MR) is 76.1 cm³/mol. The average Bonchev–Trinajstić information content (AvgIpc) is 2.42. The van der Waals surface area contributed by atoms with Crippen LogP contribution in [0.2, 0.25) is 0 Å². The van der Waals surface area contributed by atoms with Crippen molar-refractivity contribution in [2.24, 2.45) is 0 Å². The van der Waals surface area contributed by atoms with E-state index in [9.17, 15) is 14.7 Å². The first kappa shape index (κ1) is 16.7. The van der Waals surface area contributed by atoms with Crippen LogP contribution in [0.1, 0.15) is 46.0 Å². The molecule has 1 rings (SSSR count). The quantitative estimate of drug-likeness (QED) is 0.594. The van der Waals surface area contributed by atoms with Gasteiger partial charge in [0, 0.05) is 13.1 Å². The molecule has 5 heteroatoms. The molecule has 1 amide bonds. The number of aliphatic hydroxyl groups is 1. The summed E-state index contributed by atoms with van der Waals surface area (Å²) in [6.07, 6.45) is 3.50. The summed E-state index contributed by atoms with van der Waals surface area (Å²) in [7, 11) is 0. The van der Waals surface area contributed by atoms with Gasteiger partial charge in [-0.1, -0.05) is 18.6 Å². The van der Waals surface area contributed by atoms with Crippen molar-refractivity contribution in [3.63, 3.8) is 0 Å². The van der Waals surface area contributed by atoms with Crippen LogP contribution in [-0.4, -0.2) is 47.2 Å². The van der Waals surface area contributed by atoms with E-state index in [-0.39, 0.29) is 12.5 Å². The molecule has 0 atom stereocenters. The smallest absolute Gasteiger partial charge is 0.338 e. The standard InChI is InChI=1S/C15H25NO4/c1-4-16(10-12(2)3)13(17)11-20-14(18)15(19)8-6-5-7-9-15/h19H,2,4-11H2,1,3H3.